The zero-order valence-electron chi connectivity index (χ0n) is 11.5. The zero-order valence-corrected chi connectivity index (χ0v) is 13.1. The van der Waals surface area contributed by atoms with Gasteiger partial charge in [0, 0.05) is 29.3 Å². The lowest BCUT2D eigenvalue weighted by Crippen LogP contribution is -2.10. The number of para-hydroxylation sites is 1. The van der Waals surface area contributed by atoms with Crippen molar-refractivity contribution in [2.75, 3.05) is 10.6 Å². The number of rotatable bonds is 4. The average molecular weight is 333 g/mol. The highest BCUT2D eigenvalue weighted by molar-refractivity contribution is 9.10. The van der Waals surface area contributed by atoms with Crippen LogP contribution in [0.2, 0.25) is 0 Å². The maximum Gasteiger partial charge on any atom is 0.221 e. The van der Waals surface area contributed by atoms with Gasteiger partial charge in [-0.2, -0.15) is 0 Å². The molecule has 0 aliphatic rings. The van der Waals surface area contributed by atoms with Crippen molar-refractivity contribution >= 4 is 33.2 Å². The Bertz CT molecular complexity index is 626. The Morgan fingerprint density at radius 1 is 1.20 bits per heavy atom. The monoisotopic (exact) mass is 332 g/mol. The summed E-state index contributed by atoms with van der Waals surface area (Å²) in [5, 5.41) is 6.20. The molecule has 2 rings (SSSR count). The van der Waals surface area contributed by atoms with Gasteiger partial charge in [-0.25, -0.2) is 0 Å². The van der Waals surface area contributed by atoms with Crippen molar-refractivity contribution < 1.29 is 4.79 Å². The molecular formula is C16H17BrN2O. The van der Waals surface area contributed by atoms with E-state index in [1.807, 2.05) is 30.3 Å². The van der Waals surface area contributed by atoms with E-state index in [2.05, 4.69) is 45.6 Å². The SMILES string of the molecule is CC(=O)Nc1ccccc1CNc1ccc(C)c(Br)c1. The Labute approximate surface area is 127 Å². The summed E-state index contributed by atoms with van der Waals surface area (Å²) in [4.78, 5) is 11.2. The van der Waals surface area contributed by atoms with E-state index in [1.54, 1.807) is 0 Å². The van der Waals surface area contributed by atoms with Crippen LogP contribution in [0.4, 0.5) is 11.4 Å². The summed E-state index contributed by atoms with van der Waals surface area (Å²) in [7, 11) is 0. The molecule has 1 amide bonds. The van der Waals surface area contributed by atoms with Crippen molar-refractivity contribution in [1.29, 1.82) is 0 Å². The molecule has 0 radical (unpaired) electrons. The van der Waals surface area contributed by atoms with Crippen LogP contribution in [-0.2, 0) is 11.3 Å². The summed E-state index contributed by atoms with van der Waals surface area (Å²) in [5.41, 5.74) is 4.15. The van der Waals surface area contributed by atoms with E-state index in [9.17, 15) is 4.79 Å². The topological polar surface area (TPSA) is 41.1 Å². The van der Waals surface area contributed by atoms with Crippen molar-refractivity contribution in [3.05, 3.63) is 58.1 Å². The molecule has 2 aromatic carbocycles. The van der Waals surface area contributed by atoms with Gasteiger partial charge >= 0.3 is 0 Å². The van der Waals surface area contributed by atoms with Crippen LogP contribution < -0.4 is 10.6 Å². The Balaban J connectivity index is 2.10. The molecule has 0 saturated carbocycles. The van der Waals surface area contributed by atoms with E-state index in [0.29, 0.717) is 6.54 Å². The van der Waals surface area contributed by atoms with Crippen LogP contribution in [0.15, 0.2) is 46.9 Å². The average Bonchev–Trinajstić information content (AvgIpc) is 2.41. The van der Waals surface area contributed by atoms with Crippen LogP contribution in [0.3, 0.4) is 0 Å². The molecule has 2 N–H and O–H groups in total. The number of amides is 1. The maximum absolute atomic E-state index is 11.2. The van der Waals surface area contributed by atoms with Crippen molar-refractivity contribution in [2.45, 2.75) is 20.4 Å². The number of halogens is 1. The van der Waals surface area contributed by atoms with Gasteiger partial charge in [-0.1, -0.05) is 40.2 Å². The molecule has 0 bridgehead atoms. The first kappa shape index (κ1) is 14.6. The summed E-state index contributed by atoms with van der Waals surface area (Å²) >= 11 is 3.52. The largest absolute Gasteiger partial charge is 0.381 e. The molecule has 0 atom stereocenters. The minimum Gasteiger partial charge on any atom is -0.381 e. The third kappa shape index (κ3) is 3.84. The van der Waals surface area contributed by atoms with E-state index in [1.165, 1.54) is 12.5 Å². The molecule has 3 nitrogen and oxygen atoms in total. The Kier molecular flexibility index (Phi) is 4.79. The summed E-state index contributed by atoms with van der Waals surface area (Å²) in [6, 6.07) is 13.9. The second-order valence-electron chi connectivity index (χ2n) is 4.66. The molecule has 4 heteroatoms. The van der Waals surface area contributed by atoms with Crippen molar-refractivity contribution in [3.63, 3.8) is 0 Å². The van der Waals surface area contributed by atoms with Crippen LogP contribution in [-0.4, -0.2) is 5.91 Å². The number of carbonyl (C=O) groups is 1. The van der Waals surface area contributed by atoms with Gasteiger partial charge in [0.15, 0.2) is 0 Å². The fourth-order valence-corrected chi connectivity index (χ4v) is 2.26. The fourth-order valence-electron chi connectivity index (χ4n) is 1.89. The molecule has 104 valence electrons. The number of nitrogens with one attached hydrogen (secondary N) is 2. The Hall–Kier alpha value is -1.81. The molecule has 0 unspecified atom stereocenters. The van der Waals surface area contributed by atoms with Gasteiger partial charge < -0.3 is 10.6 Å². The fraction of sp³-hybridized carbons (Fsp3) is 0.188. The van der Waals surface area contributed by atoms with Crippen LogP contribution in [0.5, 0.6) is 0 Å². The summed E-state index contributed by atoms with van der Waals surface area (Å²) in [6.45, 7) is 4.23. The van der Waals surface area contributed by atoms with Gasteiger partial charge in [0.2, 0.25) is 5.91 Å². The highest BCUT2D eigenvalue weighted by Crippen LogP contribution is 2.22. The molecule has 0 aliphatic carbocycles. The van der Waals surface area contributed by atoms with Crippen molar-refractivity contribution in [3.8, 4) is 0 Å². The number of hydrogen-bond donors (Lipinski definition) is 2. The summed E-state index contributed by atoms with van der Waals surface area (Å²) < 4.78 is 1.08. The lowest BCUT2D eigenvalue weighted by Gasteiger charge is -2.12. The van der Waals surface area contributed by atoms with E-state index in [-0.39, 0.29) is 5.91 Å². The van der Waals surface area contributed by atoms with Gasteiger partial charge in [0.05, 0.1) is 0 Å². The first-order valence-electron chi connectivity index (χ1n) is 6.42. The smallest absolute Gasteiger partial charge is 0.221 e. The standard InChI is InChI=1S/C16H17BrN2O/c1-11-7-8-14(9-15(11)17)18-10-13-5-3-4-6-16(13)19-12(2)20/h3-9,18H,10H2,1-2H3,(H,19,20). The van der Waals surface area contributed by atoms with Gasteiger partial charge in [0.1, 0.15) is 0 Å². The normalized spacial score (nSPS) is 10.2. The predicted octanol–water partition coefficient (Wildman–Crippen LogP) is 4.33. The predicted molar refractivity (Wildman–Crippen MR) is 87.0 cm³/mol. The number of hydrogen-bond acceptors (Lipinski definition) is 2. The maximum atomic E-state index is 11.2. The van der Waals surface area contributed by atoms with E-state index >= 15 is 0 Å². The second kappa shape index (κ2) is 6.57. The van der Waals surface area contributed by atoms with Gasteiger partial charge in [0.25, 0.3) is 0 Å². The molecule has 2 aromatic rings. The van der Waals surface area contributed by atoms with Crippen LogP contribution in [0.25, 0.3) is 0 Å². The lowest BCUT2D eigenvalue weighted by atomic mass is 10.1. The third-order valence-electron chi connectivity index (χ3n) is 2.98. The lowest BCUT2D eigenvalue weighted by molar-refractivity contribution is -0.114. The highest BCUT2D eigenvalue weighted by Gasteiger charge is 2.03. The van der Waals surface area contributed by atoms with Crippen molar-refractivity contribution in [1.82, 2.24) is 0 Å². The number of aryl methyl sites for hydroxylation is 1. The Morgan fingerprint density at radius 3 is 2.65 bits per heavy atom. The van der Waals surface area contributed by atoms with Crippen molar-refractivity contribution in [2.24, 2.45) is 0 Å². The molecule has 0 saturated heterocycles. The minimum absolute atomic E-state index is 0.0597. The van der Waals surface area contributed by atoms with Crippen LogP contribution >= 0.6 is 15.9 Å². The molecule has 0 spiro atoms. The molecule has 0 aliphatic heterocycles. The number of benzene rings is 2. The third-order valence-corrected chi connectivity index (χ3v) is 3.84. The molecule has 0 heterocycles. The van der Waals surface area contributed by atoms with E-state index < -0.39 is 0 Å². The first-order chi connectivity index (χ1) is 9.56. The number of anilines is 2. The van der Waals surface area contributed by atoms with E-state index in [4.69, 9.17) is 0 Å². The van der Waals surface area contributed by atoms with Gasteiger partial charge in [-0.3, -0.25) is 4.79 Å². The summed E-state index contributed by atoms with van der Waals surface area (Å²) in [5.74, 6) is -0.0597. The Morgan fingerprint density at radius 2 is 1.95 bits per heavy atom. The van der Waals surface area contributed by atoms with Gasteiger partial charge in [-0.15, -0.1) is 0 Å². The minimum atomic E-state index is -0.0597. The molecular weight excluding hydrogens is 316 g/mol. The highest BCUT2D eigenvalue weighted by atomic mass is 79.9. The second-order valence-corrected chi connectivity index (χ2v) is 5.51. The van der Waals surface area contributed by atoms with Crippen LogP contribution in [0.1, 0.15) is 18.1 Å². The summed E-state index contributed by atoms with van der Waals surface area (Å²) in [6.07, 6.45) is 0. The van der Waals surface area contributed by atoms with Crippen LogP contribution in [0, 0.1) is 6.92 Å². The molecule has 20 heavy (non-hydrogen) atoms. The zero-order chi connectivity index (χ0) is 14.5. The van der Waals surface area contributed by atoms with Gasteiger partial charge in [-0.05, 0) is 36.2 Å². The molecule has 0 fully saturated rings. The van der Waals surface area contributed by atoms with E-state index in [0.717, 1.165) is 21.4 Å². The first-order valence-corrected chi connectivity index (χ1v) is 7.21. The quantitative estimate of drug-likeness (QED) is 0.874. The molecule has 0 aromatic heterocycles. The number of carbonyl (C=O) groups excluding carboxylic acids is 1.